The maximum Gasteiger partial charge on any atom is 0.137 e. The Balaban J connectivity index is 1.15. The van der Waals surface area contributed by atoms with Crippen LogP contribution in [-0.4, -0.2) is 9.97 Å². The van der Waals surface area contributed by atoms with Crippen LogP contribution in [0, 0.1) is 6.92 Å². The molecule has 6 heteroatoms. The van der Waals surface area contributed by atoms with Gasteiger partial charge in [0.1, 0.15) is 11.6 Å². The third kappa shape index (κ3) is 4.84. The summed E-state index contributed by atoms with van der Waals surface area (Å²) >= 11 is 3.69. The van der Waals surface area contributed by atoms with Crippen molar-refractivity contribution in [3.63, 3.8) is 0 Å². The van der Waals surface area contributed by atoms with E-state index in [1.165, 1.54) is 78.2 Å². The van der Waals surface area contributed by atoms with Gasteiger partial charge in [-0.15, -0.1) is 22.7 Å². The molecular formula is C51H32N4S2. The smallest absolute Gasteiger partial charge is 0.137 e. The number of fused-ring (bicyclic) bond motifs is 6. The van der Waals surface area contributed by atoms with E-state index in [9.17, 15) is 0 Å². The molecule has 0 fully saturated rings. The second kappa shape index (κ2) is 12.6. The fourth-order valence-corrected chi connectivity index (χ4v) is 11.4. The van der Waals surface area contributed by atoms with Crippen LogP contribution < -0.4 is 9.80 Å². The maximum absolute atomic E-state index is 4.99. The molecule has 0 saturated carbocycles. The first kappa shape index (κ1) is 32.4. The lowest BCUT2D eigenvalue weighted by Crippen LogP contribution is -2.13. The molecule has 0 radical (unpaired) electrons. The minimum absolute atomic E-state index is 0.882. The lowest BCUT2D eigenvalue weighted by molar-refractivity contribution is 1.19. The quantitative estimate of drug-likeness (QED) is 0.158. The van der Waals surface area contributed by atoms with Crippen molar-refractivity contribution < 1.29 is 0 Å². The number of pyridine rings is 2. The van der Waals surface area contributed by atoms with E-state index >= 15 is 0 Å². The van der Waals surface area contributed by atoms with Crippen LogP contribution in [0.3, 0.4) is 0 Å². The largest absolute Gasteiger partial charge is 0.293 e. The molecule has 4 heterocycles. The van der Waals surface area contributed by atoms with E-state index in [0.29, 0.717) is 0 Å². The highest BCUT2D eigenvalue weighted by Crippen LogP contribution is 2.51. The number of nitrogens with zero attached hydrogens (tertiary/aromatic N) is 4. The summed E-state index contributed by atoms with van der Waals surface area (Å²) in [6.45, 7) is 2.25. The SMILES string of the molecule is Cc1cc(N(c2ccccn2)c2cccc3c2sc2ccccc23)c2ccc3ccc(N(c4ccccn4)c4cccc5c4sc4ccccc45)c4ccc1c2c34. The topological polar surface area (TPSA) is 32.3 Å². The first-order valence-electron chi connectivity index (χ1n) is 19.2. The molecule has 268 valence electrons. The molecule has 0 spiro atoms. The lowest BCUT2D eigenvalue weighted by Gasteiger charge is -2.29. The molecule has 12 rings (SSSR count). The van der Waals surface area contributed by atoms with Crippen molar-refractivity contribution in [3.05, 3.63) is 182 Å². The summed E-state index contributed by atoms with van der Waals surface area (Å²) < 4.78 is 5.05. The molecule has 0 N–H and O–H groups in total. The standard InChI is InChI=1S/C51H32N4S2/c1-31-30-43(55(47-21-7-9-29-53-47)42-17-11-15-37-35-13-3-5-19-45(35)57-51(37)42)39-24-22-32-23-27-40(38-26-25-33(31)49(39)48(32)38)54(46-20-6-8-28-52-46)41-16-10-14-36-34-12-2-4-18-44(34)56-50(36)41/h2-30H,1H3. The molecule has 12 aromatic rings. The van der Waals surface area contributed by atoms with Gasteiger partial charge in [0.25, 0.3) is 0 Å². The Kier molecular flexibility index (Phi) is 7.15. The molecule has 0 unspecified atom stereocenters. The lowest BCUT2D eigenvalue weighted by atomic mass is 9.90. The van der Waals surface area contributed by atoms with Gasteiger partial charge in [0.2, 0.25) is 0 Å². The molecule has 57 heavy (non-hydrogen) atoms. The second-order valence-electron chi connectivity index (χ2n) is 14.6. The molecule has 4 aromatic heterocycles. The maximum atomic E-state index is 4.99. The molecule has 0 aliphatic rings. The van der Waals surface area contributed by atoms with Crippen molar-refractivity contribution in [3.8, 4) is 0 Å². The van der Waals surface area contributed by atoms with E-state index in [4.69, 9.17) is 9.97 Å². The van der Waals surface area contributed by atoms with Gasteiger partial charge in [0.05, 0.1) is 32.1 Å². The van der Waals surface area contributed by atoms with Crippen molar-refractivity contribution >= 4 is 130 Å². The highest BCUT2D eigenvalue weighted by molar-refractivity contribution is 7.26. The Bertz CT molecular complexity index is 3500. The average molecular weight is 765 g/mol. The molecule has 0 aliphatic heterocycles. The summed E-state index contributed by atoms with van der Waals surface area (Å²) in [6, 6.07) is 59.3. The molecule has 0 saturated heterocycles. The summed E-state index contributed by atoms with van der Waals surface area (Å²) in [6.07, 6.45) is 3.79. The van der Waals surface area contributed by atoms with Crippen LogP contribution in [0.2, 0.25) is 0 Å². The van der Waals surface area contributed by atoms with Gasteiger partial charge >= 0.3 is 0 Å². The van der Waals surface area contributed by atoms with Crippen LogP contribution in [0.4, 0.5) is 34.4 Å². The van der Waals surface area contributed by atoms with Crippen molar-refractivity contribution in [2.24, 2.45) is 0 Å². The third-order valence-electron chi connectivity index (χ3n) is 11.4. The van der Waals surface area contributed by atoms with E-state index < -0.39 is 0 Å². The summed E-state index contributed by atoms with van der Waals surface area (Å²) in [7, 11) is 0. The van der Waals surface area contributed by atoms with Crippen LogP contribution in [0.5, 0.6) is 0 Å². The predicted octanol–water partition coefficient (Wildman–Crippen LogP) is 15.4. The highest BCUT2D eigenvalue weighted by atomic mass is 32.1. The second-order valence-corrected chi connectivity index (χ2v) is 16.7. The number of benzene rings is 8. The van der Waals surface area contributed by atoms with Gasteiger partial charge in [-0.25, -0.2) is 9.97 Å². The Morgan fingerprint density at radius 1 is 0.386 bits per heavy atom. The summed E-state index contributed by atoms with van der Waals surface area (Å²) in [5.74, 6) is 1.77. The van der Waals surface area contributed by atoms with E-state index in [0.717, 1.165) is 34.4 Å². The van der Waals surface area contributed by atoms with Crippen molar-refractivity contribution in [1.82, 2.24) is 9.97 Å². The number of aromatic nitrogens is 2. The zero-order chi connectivity index (χ0) is 37.6. The highest BCUT2D eigenvalue weighted by Gasteiger charge is 2.26. The normalized spacial score (nSPS) is 11.9. The minimum atomic E-state index is 0.882. The third-order valence-corrected chi connectivity index (χ3v) is 13.8. The Morgan fingerprint density at radius 3 is 1.51 bits per heavy atom. The summed E-state index contributed by atoms with van der Waals surface area (Å²) in [4.78, 5) is 14.7. The minimum Gasteiger partial charge on any atom is -0.293 e. The molecule has 0 bridgehead atoms. The summed E-state index contributed by atoms with van der Waals surface area (Å²) in [5.41, 5.74) is 5.68. The molecular weight excluding hydrogens is 733 g/mol. The Labute approximate surface area is 336 Å². The zero-order valence-corrected chi connectivity index (χ0v) is 32.5. The van der Waals surface area contributed by atoms with E-state index in [1.54, 1.807) is 0 Å². The van der Waals surface area contributed by atoms with Gasteiger partial charge in [-0.1, -0.05) is 103 Å². The molecule has 8 aromatic carbocycles. The van der Waals surface area contributed by atoms with Gasteiger partial charge in [-0.05, 0) is 94.7 Å². The van der Waals surface area contributed by atoms with Gasteiger partial charge in [-0.3, -0.25) is 9.80 Å². The molecule has 0 aliphatic carbocycles. The molecule has 0 atom stereocenters. The number of thiophene rings is 2. The van der Waals surface area contributed by atoms with E-state index in [1.807, 2.05) is 47.2 Å². The number of aryl methyl sites for hydroxylation is 1. The van der Waals surface area contributed by atoms with Crippen LogP contribution in [-0.2, 0) is 0 Å². The molecule has 4 nitrogen and oxygen atoms in total. The predicted molar refractivity (Wildman–Crippen MR) is 246 cm³/mol. The van der Waals surface area contributed by atoms with Crippen LogP contribution in [0.15, 0.2) is 176 Å². The number of hydrogen-bond acceptors (Lipinski definition) is 6. The van der Waals surface area contributed by atoms with E-state index in [2.05, 4.69) is 168 Å². The van der Waals surface area contributed by atoms with Crippen molar-refractivity contribution in [2.45, 2.75) is 6.92 Å². The van der Waals surface area contributed by atoms with Gasteiger partial charge in [0, 0.05) is 54.1 Å². The Hall–Kier alpha value is -6.86. The summed E-state index contributed by atoms with van der Waals surface area (Å²) in [5, 5.41) is 12.4. The fourth-order valence-electron chi connectivity index (χ4n) is 8.96. The van der Waals surface area contributed by atoms with Crippen LogP contribution >= 0.6 is 22.7 Å². The van der Waals surface area contributed by atoms with Crippen molar-refractivity contribution in [1.29, 1.82) is 0 Å². The van der Waals surface area contributed by atoms with E-state index in [-0.39, 0.29) is 0 Å². The van der Waals surface area contributed by atoms with Crippen LogP contribution in [0.25, 0.3) is 72.7 Å². The number of anilines is 6. The number of hydrogen-bond donors (Lipinski definition) is 0. The van der Waals surface area contributed by atoms with Crippen LogP contribution in [0.1, 0.15) is 5.56 Å². The average Bonchev–Trinajstić information content (AvgIpc) is 3.85. The molecule has 0 amide bonds. The first-order valence-corrected chi connectivity index (χ1v) is 20.8. The zero-order valence-electron chi connectivity index (χ0n) is 30.8. The first-order chi connectivity index (χ1) is 28.2. The van der Waals surface area contributed by atoms with Gasteiger partial charge in [0.15, 0.2) is 0 Å². The van der Waals surface area contributed by atoms with Gasteiger partial charge in [-0.2, -0.15) is 0 Å². The monoisotopic (exact) mass is 764 g/mol. The van der Waals surface area contributed by atoms with Gasteiger partial charge < -0.3 is 0 Å². The number of rotatable bonds is 6. The Morgan fingerprint density at radius 2 is 0.895 bits per heavy atom. The van der Waals surface area contributed by atoms with Crippen molar-refractivity contribution in [2.75, 3.05) is 9.80 Å². The fraction of sp³-hybridized carbons (Fsp3) is 0.0196.